The first kappa shape index (κ1) is 12.4. The average molecular weight is 274 g/mol. The molecule has 9 nitrogen and oxygen atoms in total. The molecule has 0 aliphatic rings. The molecule has 0 aromatic carbocycles. The van der Waals surface area contributed by atoms with Gasteiger partial charge in [0.05, 0.1) is 11.9 Å². The number of ether oxygens (including phenoxy) is 1. The van der Waals surface area contributed by atoms with Gasteiger partial charge in [0, 0.05) is 7.05 Å². The van der Waals surface area contributed by atoms with Crippen molar-refractivity contribution < 1.29 is 4.74 Å². The van der Waals surface area contributed by atoms with Crippen LogP contribution in [0, 0.1) is 13.8 Å². The number of nitrogens with one attached hydrogen (secondary N) is 2. The number of aryl methyl sites for hydroxylation is 2. The molecule has 0 unspecified atom stereocenters. The predicted octanol–water partition coefficient (Wildman–Crippen LogP) is 0.781. The second kappa shape index (κ2) is 4.46. The Labute approximate surface area is 114 Å². The number of aromatic nitrogens is 6. The van der Waals surface area contributed by atoms with Crippen LogP contribution in [0.1, 0.15) is 11.4 Å². The molecule has 0 bridgehead atoms. The number of nitrogens with two attached hydrogens (primary N) is 1. The van der Waals surface area contributed by atoms with E-state index in [1.165, 1.54) is 0 Å². The van der Waals surface area contributed by atoms with Crippen molar-refractivity contribution in [1.82, 2.24) is 29.9 Å². The lowest BCUT2D eigenvalue weighted by atomic mass is 10.3. The maximum Gasteiger partial charge on any atom is 0.242 e. The fraction of sp³-hybridized carbons (Fsp3) is 0.273. The fourth-order valence-corrected chi connectivity index (χ4v) is 1.95. The number of fused-ring (bicyclic) bond motifs is 1. The molecule has 0 aliphatic heterocycles. The molecule has 3 aromatic rings. The van der Waals surface area contributed by atoms with Crippen molar-refractivity contribution in [1.29, 1.82) is 0 Å². The van der Waals surface area contributed by atoms with Gasteiger partial charge in [-0.2, -0.15) is 20.2 Å². The summed E-state index contributed by atoms with van der Waals surface area (Å²) in [5.41, 5.74) is 4.63. The van der Waals surface area contributed by atoms with Gasteiger partial charge < -0.3 is 4.74 Å². The molecular formula is C11H14N8O. The Morgan fingerprint density at radius 2 is 2.15 bits per heavy atom. The number of aromatic amines is 1. The third kappa shape index (κ3) is 1.84. The zero-order chi connectivity index (χ0) is 14.3. The van der Waals surface area contributed by atoms with Crippen LogP contribution in [0.25, 0.3) is 11.0 Å². The molecule has 0 saturated carbocycles. The van der Waals surface area contributed by atoms with Gasteiger partial charge in [-0.3, -0.25) is 15.2 Å². The van der Waals surface area contributed by atoms with Crippen LogP contribution >= 0.6 is 0 Å². The van der Waals surface area contributed by atoms with Gasteiger partial charge in [0.1, 0.15) is 11.1 Å². The van der Waals surface area contributed by atoms with Crippen molar-refractivity contribution >= 4 is 17.0 Å². The lowest BCUT2D eigenvalue weighted by Gasteiger charge is -2.07. The Hall–Kier alpha value is -2.68. The molecule has 9 heteroatoms. The highest BCUT2D eigenvalue weighted by Crippen LogP contribution is 2.31. The van der Waals surface area contributed by atoms with Gasteiger partial charge in [-0.1, -0.05) is 0 Å². The third-order valence-electron chi connectivity index (χ3n) is 3.05. The second-order valence-corrected chi connectivity index (χ2v) is 4.35. The molecule has 3 rings (SSSR count). The van der Waals surface area contributed by atoms with E-state index in [0.29, 0.717) is 22.7 Å². The van der Waals surface area contributed by atoms with E-state index in [9.17, 15) is 0 Å². The van der Waals surface area contributed by atoms with E-state index in [1.807, 2.05) is 20.9 Å². The summed E-state index contributed by atoms with van der Waals surface area (Å²) in [4.78, 5) is 8.35. The van der Waals surface area contributed by atoms with Gasteiger partial charge in [0.2, 0.25) is 11.8 Å². The molecular weight excluding hydrogens is 260 g/mol. The molecule has 0 fully saturated rings. The Kier molecular flexibility index (Phi) is 2.75. The van der Waals surface area contributed by atoms with Crippen LogP contribution in [-0.2, 0) is 7.05 Å². The van der Waals surface area contributed by atoms with E-state index < -0.39 is 0 Å². The summed E-state index contributed by atoms with van der Waals surface area (Å²) in [7, 11) is 1.86. The van der Waals surface area contributed by atoms with Crippen LogP contribution in [0.15, 0.2) is 6.20 Å². The van der Waals surface area contributed by atoms with Crippen molar-refractivity contribution in [2.75, 3.05) is 5.43 Å². The SMILES string of the molecule is Cc1nn(C)c(C)c1Oc1nc(NN)nc2[nH]ncc12. The molecule has 0 aliphatic carbocycles. The summed E-state index contributed by atoms with van der Waals surface area (Å²) in [5.74, 6) is 6.64. The smallest absolute Gasteiger partial charge is 0.242 e. The van der Waals surface area contributed by atoms with Crippen molar-refractivity contribution in [3.8, 4) is 11.6 Å². The van der Waals surface area contributed by atoms with Crippen LogP contribution in [0.4, 0.5) is 5.95 Å². The van der Waals surface area contributed by atoms with Crippen LogP contribution in [0.5, 0.6) is 11.6 Å². The van der Waals surface area contributed by atoms with E-state index in [2.05, 4.69) is 30.7 Å². The summed E-state index contributed by atoms with van der Waals surface area (Å²) in [6.07, 6.45) is 1.60. The number of hydrazine groups is 1. The van der Waals surface area contributed by atoms with Crippen LogP contribution in [-0.4, -0.2) is 29.9 Å². The van der Waals surface area contributed by atoms with Crippen molar-refractivity contribution in [3.63, 3.8) is 0 Å². The van der Waals surface area contributed by atoms with Crippen LogP contribution < -0.4 is 16.0 Å². The Morgan fingerprint density at radius 3 is 2.80 bits per heavy atom. The maximum absolute atomic E-state index is 5.88. The average Bonchev–Trinajstić information content (AvgIpc) is 2.99. The quantitative estimate of drug-likeness (QED) is 0.477. The monoisotopic (exact) mass is 274 g/mol. The summed E-state index contributed by atoms with van der Waals surface area (Å²) in [5, 5.41) is 11.7. The van der Waals surface area contributed by atoms with Gasteiger partial charge in [0.15, 0.2) is 11.4 Å². The van der Waals surface area contributed by atoms with Gasteiger partial charge in [-0.15, -0.1) is 0 Å². The largest absolute Gasteiger partial charge is 0.434 e. The molecule has 3 heterocycles. The molecule has 20 heavy (non-hydrogen) atoms. The molecule has 0 saturated heterocycles. The van der Waals surface area contributed by atoms with Crippen LogP contribution in [0.3, 0.4) is 0 Å². The summed E-state index contributed by atoms with van der Waals surface area (Å²) >= 11 is 0. The number of nitrogen functional groups attached to an aromatic ring is 1. The van der Waals surface area contributed by atoms with Crippen LogP contribution in [0.2, 0.25) is 0 Å². The number of anilines is 1. The highest BCUT2D eigenvalue weighted by Gasteiger charge is 2.16. The standard InChI is InChI=1S/C11H14N8O/c1-5-8(6(2)19(3)18-5)20-10-7-4-13-17-9(7)14-11(15-10)16-12/h4H,12H2,1-3H3,(H2,13,14,15,16,17). The fourth-order valence-electron chi connectivity index (χ4n) is 1.95. The van der Waals surface area contributed by atoms with E-state index >= 15 is 0 Å². The minimum Gasteiger partial charge on any atom is -0.434 e. The first-order valence-electron chi connectivity index (χ1n) is 5.96. The number of hydrogen-bond acceptors (Lipinski definition) is 7. The zero-order valence-corrected chi connectivity index (χ0v) is 11.3. The Balaban J connectivity index is 2.12. The van der Waals surface area contributed by atoms with E-state index in [0.717, 1.165) is 11.4 Å². The lowest BCUT2D eigenvalue weighted by molar-refractivity contribution is 0.461. The molecule has 0 spiro atoms. The summed E-state index contributed by atoms with van der Waals surface area (Å²) in [6.45, 7) is 3.80. The maximum atomic E-state index is 5.88. The second-order valence-electron chi connectivity index (χ2n) is 4.35. The zero-order valence-electron chi connectivity index (χ0n) is 11.3. The molecule has 104 valence electrons. The van der Waals surface area contributed by atoms with Gasteiger partial charge >= 0.3 is 0 Å². The Bertz CT molecular complexity index is 774. The number of hydrogen-bond donors (Lipinski definition) is 3. The molecule has 0 atom stereocenters. The molecule has 0 radical (unpaired) electrons. The number of rotatable bonds is 3. The highest BCUT2D eigenvalue weighted by atomic mass is 16.5. The van der Waals surface area contributed by atoms with E-state index in [-0.39, 0.29) is 5.95 Å². The molecule has 0 amide bonds. The Morgan fingerprint density at radius 1 is 1.35 bits per heavy atom. The van der Waals surface area contributed by atoms with Crippen molar-refractivity contribution in [2.45, 2.75) is 13.8 Å². The minimum atomic E-state index is 0.246. The number of nitrogens with zero attached hydrogens (tertiary/aromatic N) is 5. The topological polar surface area (TPSA) is 120 Å². The highest BCUT2D eigenvalue weighted by molar-refractivity contribution is 5.80. The summed E-state index contributed by atoms with van der Waals surface area (Å²) in [6, 6.07) is 0. The lowest BCUT2D eigenvalue weighted by Crippen LogP contribution is -2.11. The third-order valence-corrected chi connectivity index (χ3v) is 3.05. The molecule has 3 aromatic heterocycles. The van der Waals surface area contributed by atoms with Crippen molar-refractivity contribution in [2.24, 2.45) is 12.9 Å². The van der Waals surface area contributed by atoms with Gasteiger partial charge in [-0.25, -0.2) is 5.84 Å². The first-order valence-corrected chi connectivity index (χ1v) is 5.96. The van der Waals surface area contributed by atoms with Crippen molar-refractivity contribution in [3.05, 3.63) is 17.6 Å². The molecule has 4 N–H and O–H groups in total. The summed E-state index contributed by atoms with van der Waals surface area (Å²) < 4.78 is 7.64. The normalized spacial score (nSPS) is 11.0. The minimum absolute atomic E-state index is 0.246. The van der Waals surface area contributed by atoms with Gasteiger partial charge in [0.25, 0.3) is 0 Å². The van der Waals surface area contributed by atoms with E-state index in [4.69, 9.17) is 10.6 Å². The first-order chi connectivity index (χ1) is 9.60. The predicted molar refractivity (Wildman–Crippen MR) is 72.2 cm³/mol. The van der Waals surface area contributed by atoms with Gasteiger partial charge in [-0.05, 0) is 13.8 Å². The van der Waals surface area contributed by atoms with E-state index in [1.54, 1.807) is 10.9 Å². The number of H-pyrrole nitrogens is 1.